The molecule has 2 atom stereocenters. The highest BCUT2D eigenvalue weighted by Gasteiger charge is 2.44. The fraction of sp³-hybridized carbons (Fsp3) is 0.304. The second kappa shape index (κ2) is 7.64. The van der Waals surface area contributed by atoms with Crippen LogP contribution in [0.4, 0.5) is 0 Å². The van der Waals surface area contributed by atoms with Crippen molar-refractivity contribution in [2.24, 2.45) is 5.92 Å². The lowest BCUT2D eigenvalue weighted by atomic mass is 10.0. The van der Waals surface area contributed by atoms with Gasteiger partial charge in [-0.1, -0.05) is 23.4 Å². The van der Waals surface area contributed by atoms with Gasteiger partial charge in [0.1, 0.15) is 11.8 Å². The van der Waals surface area contributed by atoms with Crippen LogP contribution < -0.4 is 4.74 Å². The molecule has 3 aromatic rings. The van der Waals surface area contributed by atoms with Gasteiger partial charge in [0.15, 0.2) is 0 Å². The summed E-state index contributed by atoms with van der Waals surface area (Å²) in [6, 6.07) is 13.1. The Morgan fingerprint density at radius 2 is 2.10 bits per heavy atom. The highest BCUT2D eigenvalue weighted by Crippen LogP contribution is 2.48. The Labute approximate surface area is 173 Å². The zero-order chi connectivity index (χ0) is 21.4. The van der Waals surface area contributed by atoms with E-state index in [9.17, 15) is 10.1 Å². The number of hydrogen-bond acceptors (Lipinski definition) is 6. The SMILES string of the molecule is Cc1cc([C@@H]2C[C@@H]2C(=O)O)ccc1-c1noc(-c2ccc(OC(C)C)c(C#N)c2)n1. The quantitative estimate of drug-likeness (QED) is 0.642. The van der Waals surface area contributed by atoms with Gasteiger partial charge < -0.3 is 14.4 Å². The number of nitriles is 1. The summed E-state index contributed by atoms with van der Waals surface area (Å²) in [6.07, 6.45) is 0.642. The maximum Gasteiger partial charge on any atom is 0.307 e. The second-order valence-corrected chi connectivity index (χ2v) is 7.77. The predicted molar refractivity (Wildman–Crippen MR) is 109 cm³/mol. The summed E-state index contributed by atoms with van der Waals surface area (Å²) >= 11 is 0. The molecule has 0 bridgehead atoms. The number of benzene rings is 2. The van der Waals surface area contributed by atoms with Crippen LogP contribution in [0.5, 0.6) is 5.75 Å². The summed E-state index contributed by atoms with van der Waals surface area (Å²) in [5, 5.41) is 22.6. The molecule has 0 unspecified atom stereocenters. The zero-order valence-corrected chi connectivity index (χ0v) is 16.9. The Bertz CT molecular complexity index is 1160. The molecule has 0 spiro atoms. The van der Waals surface area contributed by atoms with Crippen molar-refractivity contribution in [3.63, 3.8) is 0 Å². The standard InChI is InChI=1S/C23H21N3O4/c1-12(2)29-20-7-5-15(9-16(20)11-24)22-25-21(26-30-22)17-6-4-14(8-13(17)3)18-10-19(18)23(27)28/h4-9,12,18-19H,10H2,1-3H3,(H,27,28)/t18-,19-/m0/s1. The second-order valence-electron chi connectivity index (χ2n) is 7.77. The molecule has 4 rings (SSSR count). The van der Waals surface area contributed by atoms with E-state index in [1.807, 2.05) is 39.0 Å². The van der Waals surface area contributed by atoms with Crippen LogP contribution in [0.15, 0.2) is 40.9 Å². The van der Waals surface area contributed by atoms with Crippen molar-refractivity contribution < 1.29 is 19.2 Å². The van der Waals surface area contributed by atoms with E-state index in [-0.39, 0.29) is 17.9 Å². The van der Waals surface area contributed by atoms with Gasteiger partial charge in [0.2, 0.25) is 5.82 Å². The van der Waals surface area contributed by atoms with Crippen molar-refractivity contribution in [1.29, 1.82) is 5.26 Å². The van der Waals surface area contributed by atoms with Crippen LogP contribution >= 0.6 is 0 Å². The summed E-state index contributed by atoms with van der Waals surface area (Å²) in [7, 11) is 0. The highest BCUT2D eigenvalue weighted by atomic mass is 16.5. The molecule has 1 saturated carbocycles. The van der Waals surface area contributed by atoms with E-state index in [0.29, 0.717) is 35.0 Å². The monoisotopic (exact) mass is 403 g/mol. The molecule has 1 heterocycles. The van der Waals surface area contributed by atoms with Gasteiger partial charge in [-0.3, -0.25) is 4.79 Å². The molecule has 7 nitrogen and oxygen atoms in total. The smallest absolute Gasteiger partial charge is 0.307 e. The van der Waals surface area contributed by atoms with E-state index < -0.39 is 5.97 Å². The van der Waals surface area contributed by atoms with Gasteiger partial charge >= 0.3 is 5.97 Å². The molecule has 2 aromatic carbocycles. The zero-order valence-electron chi connectivity index (χ0n) is 16.9. The first-order valence-corrected chi connectivity index (χ1v) is 9.76. The molecular weight excluding hydrogens is 382 g/mol. The first kappa shape index (κ1) is 19.6. The summed E-state index contributed by atoms with van der Waals surface area (Å²) in [5.41, 5.74) is 3.83. The number of carboxylic acids is 1. The average Bonchev–Trinajstić information content (AvgIpc) is 3.38. The van der Waals surface area contributed by atoms with Gasteiger partial charge in [0.05, 0.1) is 17.6 Å². The lowest BCUT2D eigenvalue weighted by molar-refractivity contribution is -0.138. The minimum absolute atomic E-state index is 0.0367. The van der Waals surface area contributed by atoms with Gasteiger partial charge in [-0.2, -0.15) is 10.2 Å². The van der Waals surface area contributed by atoms with Crippen molar-refractivity contribution >= 4 is 5.97 Å². The van der Waals surface area contributed by atoms with Crippen LogP contribution in [-0.4, -0.2) is 27.3 Å². The van der Waals surface area contributed by atoms with E-state index >= 15 is 0 Å². The molecule has 30 heavy (non-hydrogen) atoms. The molecule has 0 amide bonds. The van der Waals surface area contributed by atoms with Crippen LogP contribution in [0.3, 0.4) is 0 Å². The lowest BCUT2D eigenvalue weighted by Gasteiger charge is -2.11. The van der Waals surface area contributed by atoms with Crippen LogP contribution in [0.2, 0.25) is 0 Å². The Balaban J connectivity index is 1.59. The molecule has 1 aromatic heterocycles. The summed E-state index contributed by atoms with van der Waals surface area (Å²) in [6.45, 7) is 5.74. The molecule has 1 aliphatic carbocycles. The number of hydrogen-bond donors (Lipinski definition) is 1. The van der Waals surface area contributed by atoms with Gasteiger partial charge in [0, 0.05) is 11.1 Å². The molecule has 1 N–H and O–H groups in total. The van der Waals surface area contributed by atoms with E-state index in [1.165, 1.54) is 0 Å². The molecule has 0 radical (unpaired) electrons. The highest BCUT2D eigenvalue weighted by molar-refractivity contribution is 5.75. The fourth-order valence-corrected chi connectivity index (χ4v) is 3.56. The summed E-state index contributed by atoms with van der Waals surface area (Å²) in [4.78, 5) is 15.6. The molecular formula is C23H21N3O4. The van der Waals surface area contributed by atoms with Crippen LogP contribution in [0.25, 0.3) is 22.8 Å². The lowest BCUT2D eigenvalue weighted by Crippen LogP contribution is -2.06. The number of carboxylic acid groups (broad SMARTS) is 1. The van der Waals surface area contributed by atoms with Crippen molar-refractivity contribution in [2.45, 2.75) is 39.2 Å². The van der Waals surface area contributed by atoms with Gasteiger partial charge in [-0.05, 0) is 62.4 Å². The number of ether oxygens (including phenoxy) is 1. The van der Waals surface area contributed by atoms with Crippen LogP contribution in [-0.2, 0) is 4.79 Å². The van der Waals surface area contributed by atoms with Gasteiger partial charge in [0.25, 0.3) is 5.89 Å². The molecule has 0 aliphatic heterocycles. The Morgan fingerprint density at radius 3 is 2.73 bits per heavy atom. The van der Waals surface area contributed by atoms with Crippen molar-refractivity contribution in [3.05, 3.63) is 53.1 Å². The van der Waals surface area contributed by atoms with Gasteiger partial charge in [-0.25, -0.2) is 0 Å². The van der Waals surface area contributed by atoms with E-state index in [0.717, 1.165) is 16.7 Å². The number of carbonyl (C=O) groups is 1. The first-order valence-electron chi connectivity index (χ1n) is 9.76. The van der Waals surface area contributed by atoms with Crippen molar-refractivity contribution in [2.75, 3.05) is 0 Å². The normalized spacial score (nSPS) is 17.6. The Kier molecular flexibility index (Phi) is 5.00. The largest absolute Gasteiger partial charge is 0.490 e. The van der Waals surface area contributed by atoms with E-state index in [2.05, 4.69) is 16.2 Å². The number of rotatable bonds is 6. The average molecular weight is 403 g/mol. The Morgan fingerprint density at radius 1 is 1.30 bits per heavy atom. The molecule has 1 aliphatic rings. The number of nitrogens with zero attached hydrogens (tertiary/aromatic N) is 3. The molecule has 7 heteroatoms. The maximum absolute atomic E-state index is 11.1. The maximum atomic E-state index is 11.1. The minimum atomic E-state index is -0.744. The third-order valence-electron chi connectivity index (χ3n) is 5.16. The van der Waals surface area contributed by atoms with Crippen LogP contribution in [0.1, 0.15) is 42.9 Å². The predicted octanol–water partition coefficient (Wildman–Crippen LogP) is 4.56. The number of aryl methyl sites for hydroxylation is 1. The topological polar surface area (TPSA) is 109 Å². The first-order chi connectivity index (χ1) is 14.4. The summed E-state index contributed by atoms with van der Waals surface area (Å²) < 4.78 is 11.1. The molecule has 1 fully saturated rings. The minimum Gasteiger partial charge on any atom is -0.490 e. The van der Waals surface area contributed by atoms with Gasteiger partial charge in [-0.15, -0.1) is 0 Å². The fourth-order valence-electron chi connectivity index (χ4n) is 3.56. The van der Waals surface area contributed by atoms with E-state index in [1.54, 1.807) is 18.2 Å². The third-order valence-corrected chi connectivity index (χ3v) is 5.16. The van der Waals surface area contributed by atoms with E-state index in [4.69, 9.17) is 14.4 Å². The van der Waals surface area contributed by atoms with Crippen molar-refractivity contribution in [3.8, 4) is 34.7 Å². The van der Waals surface area contributed by atoms with Crippen molar-refractivity contribution in [1.82, 2.24) is 10.1 Å². The molecule has 0 saturated heterocycles. The summed E-state index contributed by atoms with van der Waals surface area (Å²) in [5.74, 6) is 0.319. The Hall–Kier alpha value is -3.66. The van der Waals surface area contributed by atoms with Crippen LogP contribution in [0, 0.1) is 24.2 Å². The number of aliphatic carboxylic acids is 1. The third kappa shape index (κ3) is 3.77. The number of aromatic nitrogens is 2. The molecule has 152 valence electrons.